The summed E-state index contributed by atoms with van der Waals surface area (Å²) in [5.74, 6) is -0.0590. The number of amides is 2. The van der Waals surface area contributed by atoms with Gasteiger partial charge in [0.25, 0.3) is 5.91 Å². The molecule has 0 spiro atoms. The Morgan fingerprint density at radius 3 is 2.10 bits per heavy atom. The summed E-state index contributed by atoms with van der Waals surface area (Å²) in [6, 6.07) is 11.3. The fraction of sp³-hybridized carbons (Fsp3) is 0.182. The third-order valence-electron chi connectivity index (χ3n) is 4.27. The number of hydrogen-bond acceptors (Lipinski definition) is 5. The first kappa shape index (κ1) is 20.0. The van der Waals surface area contributed by atoms with Crippen molar-refractivity contribution in [3.8, 4) is 0 Å². The Bertz CT molecular complexity index is 1040. The number of rotatable bonds is 5. The van der Waals surface area contributed by atoms with Gasteiger partial charge in [0.15, 0.2) is 0 Å². The standard InChI is InChI=1S/C22H23N5O2/c1-13-8-14(2)20(15(3)9-13)27-21(29)17-11-23-22(24-12-17)26-19-7-5-6-18(10-19)25-16(4)28/h5-12H,1-4H3,(H,25,28)(H,27,29)(H,23,24,26). The van der Waals surface area contributed by atoms with Crippen LogP contribution < -0.4 is 16.0 Å². The van der Waals surface area contributed by atoms with E-state index in [1.807, 2.05) is 45.0 Å². The van der Waals surface area contributed by atoms with Crippen LogP contribution in [0.2, 0.25) is 0 Å². The number of anilines is 4. The minimum absolute atomic E-state index is 0.146. The minimum Gasteiger partial charge on any atom is -0.326 e. The van der Waals surface area contributed by atoms with Crippen LogP contribution in [0.15, 0.2) is 48.8 Å². The molecule has 0 bridgehead atoms. The first-order valence-electron chi connectivity index (χ1n) is 9.18. The molecule has 29 heavy (non-hydrogen) atoms. The lowest BCUT2D eigenvalue weighted by molar-refractivity contribution is -0.114. The second-order valence-corrected chi connectivity index (χ2v) is 6.91. The van der Waals surface area contributed by atoms with Crippen LogP contribution in [0.3, 0.4) is 0 Å². The number of carbonyl (C=O) groups is 2. The average Bonchev–Trinajstić information content (AvgIpc) is 2.65. The van der Waals surface area contributed by atoms with Crippen LogP contribution in [0, 0.1) is 20.8 Å². The molecule has 0 fully saturated rings. The molecular formula is C22H23N5O2. The Labute approximate surface area is 169 Å². The summed E-state index contributed by atoms with van der Waals surface area (Å²) >= 11 is 0. The van der Waals surface area contributed by atoms with E-state index >= 15 is 0 Å². The lowest BCUT2D eigenvalue weighted by Crippen LogP contribution is -2.15. The monoisotopic (exact) mass is 389 g/mol. The van der Waals surface area contributed by atoms with E-state index in [1.165, 1.54) is 19.3 Å². The maximum Gasteiger partial charge on any atom is 0.258 e. The summed E-state index contributed by atoms with van der Waals surface area (Å²) in [6.07, 6.45) is 2.95. The third-order valence-corrected chi connectivity index (χ3v) is 4.27. The van der Waals surface area contributed by atoms with Crippen molar-refractivity contribution in [1.82, 2.24) is 9.97 Å². The molecule has 0 radical (unpaired) electrons. The van der Waals surface area contributed by atoms with Crippen molar-refractivity contribution in [2.75, 3.05) is 16.0 Å². The molecule has 3 aromatic rings. The Morgan fingerprint density at radius 2 is 1.48 bits per heavy atom. The van der Waals surface area contributed by atoms with Gasteiger partial charge in [-0.15, -0.1) is 0 Å². The topological polar surface area (TPSA) is 96.0 Å². The predicted molar refractivity (Wildman–Crippen MR) is 115 cm³/mol. The number of nitrogens with zero attached hydrogens (tertiary/aromatic N) is 2. The molecule has 0 atom stereocenters. The zero-order valence-corrected chi connectivity index (χ0v) is 16.8. The van der Waals surface area contributed by atoms with E-state index < -0.39 is 0 Å². The van der Waals surface area contributed by atoms with Gasteiger partial charge in [0.2, 0.25) is 11.9 Å². The second kappa shape index (κ2) is 8.52. The third kappa shape index (κ3) is 5.16. The predicted octanol–water partition coefficient (Wildman–Crippen LogP) is 4.36. The molecule has 7 nitrogen and oxygen atoms in total. The van der Waals surface area contributed by atoms with Crippen molar-refractivity contribution in [1.29, 1.82) is 0 Å². The highest BCUT2D eigenvalue weighted by molar-refractivity contribution is 6.04. The summed E-state index contributed by atoms with van der Waals surface area (Å²) in [7, 11) is 0. The van der Waals surface area contributed by atoms with Gasteiger partial charge < -0.3 is 16.0 Å². The van der Waals surface area contributed by atoms with Crippen LogP contribution in [0.5, 0.6) is 0 Å². The molecule has 3 rings (SSSR count). The van der Waals surface area contributed by atoms with E-state index in [4.69, 9.17) is 0 Å². The average molecular weight is 389 g/mol. The van der Waals surface area contributed by atoms with E-state index in [1.54, 1.807) is 12.1 Å². The highest BCUT2D eigenvalue weighted by Gasteiger charge is 2.11. The van der Waals surface area contributed by atoms with Crippen LogP contribution in [-0.2, 0) is 4.79 Å². The van der Waals surface area contributed by atoms with Crippen molar-refractivity contribution < 1.29 is 9.59 Å². The maximum absolute atomic E-state index is 12.6. The van der Waals surface area contributed by atoms with Gasteiger partial charge in [-0.25, -0.2) is 9.97 Å². The molecule has 0 aliphatic carbocycles. The van der Waals surface area contributed by atoms with E-state index in [9.17, 15) is 9.59 Å². The van der Waals surface area contributed by atoms with Gasteiger partial charge in [-0.1, -0.05) is 23.8 Å². The Morgan fingerprint density at radius 1 is 0.862 bits per heavy atom. The molecule has 0 saturated heterocycles. The van der Waals surface area contributed by atoms with Gasteiger partial charge in [0.1, 0.15) is 0 Å². The highest BCUT2D eigenvalue weighted by atomic mass is 16.2. The quantitative estimate of drug-likeness (QED) is 0.603. The molecule has 2 aromatic carbocycles. The van der Waals surface area contributed by atoms with E-state index in [0.717, 1.165) is 28.1 Å². The summed E-state index contributed by atoms with van der Waals surface area (Å²) in [5.41, 5.74) is 5.73. The Balaban J connectivity index is 1.70. The van der Waals surface area contributed by atoms with Gasteiger partial charge in [-0.2, -0.15) is 0 Å². The molecule has 7 heteroatoms. The van der Waals surface area contributed by atoms with E-state index in [2.05, 4.69) is 25.9 Å². The largest absolute Gasteiger partial charge is 0.326 e. The Hall–Kier alpha value is -3.74. The molecular weight excluding hydrogens is 366 g/mol. The first-order valence-corrected chi connectivity index (χ1v) is 9.18. The molecule has 2 amide bonds. The van der Waals surface area contributed by atoms with Crippen LogP contribution in [0.1, 0.15) is 34.0 Å². The zero-order valence-electron chi connectivity index (χ0n) is 16.8. The van der Waals surface area contributed by atoms with Crippen molar-refractivity contribution in [3.63, 3.8) is 0 Å². The van der Waals surface area contributed by atoms with Gasteiger partial charge in [0, 0.05) is 36.4 Å². The zero-order chi connectivity index (χ0) is 21.0. The second-order valence-electron chi connectivity index (χ2n) is 6.91. The normalized spacial score (nSPS) is 10.3. The van der Waals surface area contributed by atoms with E-state index in [0.29, 0.717) is 17.2 Å². The molecule has 3 N–H and O–H groups in total. The number of nitrogens with one attached hydrogen (secondary N) is 3. The van der Waals surface area contributed by atoms with Gasteiger partial charge in [-0.3, -0.25) is 9.59 Å². The van der Waals surface area contributed by atoms with Crippen molar-refractivity contribution in [2.24, 2.45) is 0 Å². The van der Waals surface area contributed by atoms with Gasteiger partial charge in [-0.05, 0) is 50.1 Å². The van der Waals surface area contributed by atoms with Gasteiger partial charge in [0.05, 0.1) is 5.56 Å². The molecule has 0 unspecified atom stereocenters. The highest BCUT2D eigenvalue weighted by Crippen LogP contribution is 2.23. The summed E-state index contributed by atoms with van der Waals surface area (Å²) < 4.78 is 0. The number of carbonyl (C=O) groups excluding carboxylic acids is 2. The number of aromatic nitrogens is 2. The molecule has 1 heterocycles. The minimum atomic E-state index is -0.265. The summed E-state index contributed by atoms with van der Waals surface area (Å²) in [5, 5.41) is 8.71. The lowest BCUT2D eigenvalue weighted by atomic mass is 10.0. The molecule has 0 saturated carbocycles. The van der Waals surface area contributed by atoms with Gasteiger partial charge >= 0.3 is 0 Å². The SMILES string of the molecule is CC(=O)Nc1cccc(Nc2ncc(C(=O)Nc3c(C)cc(C)cc3C)cn2)c1. The summed E-state index contributed by atoms with van der Waals surface area (Å²) in [6.45, 7) is 7.41. The smallest absolute Gasteiger partial charge is 0.258 e. The molecule has 0 aliphatic rings. The van der Waals surface area contributed by atoms with Crippen LogP contribution in [0.25, 0.3) is 0 Å². The summed E-state index contributed by atoms with van der Waals surface area (Å²) in [4.78, 5) is 32.2. The van der Waals surface area contributed by atoms with Crippen LogP contribution >= 0.6 is 0 Å². The number of hydrogen-bond donors (Lipinski definition) is 3. The Kier molecular flexibility index (Phi) is 5.87. The number of benzene rings is 2. The number of aryl methyl sites for hydroxylation is 3. The fourth-order valence-electron chi connectivity index (χ4n) is 3.08. The molecule has 0 aliphatic heterocycles. The van der Waals surface area contributed by atoms with Crippen LogP contribution in [-0.4, -0.2) is 21.8 Å². The molecule has 1 aromatic heterocycles. The fourth-order valence-corrected chi connectivity index (χ4v) is 3.08. The lowest BCUT2D eigenvalue weighted by Gasteiger charge is -2.13. The maximum atomic E-state index is 12.6. The first-order chi connectivity index (χ1) is 13.8. The van der Waals surface area contributed by atoms with E-state index in [-0.39, 0.29) is 11.8 Å². The van der Waals surface area contributed by atoms with Crippen molar-refractivity contribution in [3.05, 3.63) is 71.0 Å². The van der Waals surface area contributed by atoms with Crippen molar-refractivity contribution in [2.45, 2.75) is 27.7 Å². The van der Waals surface area contributed by atoms with Crippen molar-refractivity contribution >= 4 is 34.8 Å². The van der Waals surface area contributed by atoms with Crippen LogP contribution in [0.4, 0.5) is 23.0 Å². The molecule has 148 valence electrons.